The molecule has 0 amide bonds. The molecular weight excluding hydrogens is 340 g/mol. The lowest BCUT2D eigenvalue weighted by Crippen LogP contribution is -2.47. The van der Waals surface area contributed by atoms with Crippen LogP contribution in [0.3, 0.4) is 0 Å². The van der Waals surface area contributed by atoms with Gasteiger partial charge in [-0.25, -0.2) is 0 Å². The molecule has 0 saturated heterocycles. The second-order valence-electron chi connectivity index (χ2n) is 9.58. The average Bonchev–Trinajstić information content (AvgIpc) is 2.91. The summed E-state index contributed by atoms with van der Waals surface area (Å²) in [5.41, 5.74) is 3.29. The highest BCUT2D eigenvalue weighted by molar-refractivity contribution is 5.66. The lowest BCUT2D eigenvalue weighted by atomic mass is 9.51. The minimum atomic E-state index is -0.174. The van der Waals surface area contributed by atoms with E-state index in [0.29, 0.717) is 11.8 Å². The van der Waals surface area contributed by atoms with Gasteiger partial charge in [-0.3, -0.25) is 9.59 Å². The predicted octanol–water partition coefficient (Wildman–Crippen LogP) is 4.73. The number of fused-ring (bicyclic) bond motifs is 5. The van der Waals surface area contributed by atoms with Crippen LogP contribution < -0.4 is 0 Å². The number of allylic oxidation sites excluding steroid dienone is 3. The topological polar surface area (TPSA) is 52.6 Å². The molecule has 0 radical (unpaired) electrons. The molecule has 6 unspecified atom stereocenters. The fourth-order valence-electron chi connectivity index (χ4n) is 6.65. The number of esters is 2. The van der Waals surface area contributed by atoms with Crippen LogP contribution in [0.5, 0.6) is 0 Å². The first-order valence-corrected chi connectivity index (χ1v) is 10.5. The van der Waals surface area contributed by atoms with Crippen molar-refractivity contribution in [2.45, 2.75) is 84.8 Å². The Labute approximate surface area is 162 Å². The van der Waals surface area contributed by atoms with Crippen molar-refractivity contribution in [1.82, 2.24) is 0 Å². The number of hydrogen-bond donors (Lipinski definition) is 0. The maximum absolute atomic E-state index is 11.6. The second kappa shape index (κ2) is 6.49. The largest absolute Gasteiger partial charge is 0.462 e. The van der Waals surface area contributed by atoms with Crippen molar-refractivity contribution >= 4 is 11.9 Å². The normalized spacial score (nSPS) is 42.8. The van der Waals surface area contributed by atoms with E-state index in [1.54, 1.807) is 5.57 Å². The van der Waals surface area contributed by atoms with Crippen LogP contribution in [0, 0.1) is 22.7 Å². The SMILES string of the molecule is CC(=O)OC1CCC2(C)C(=CC=C3C2CCC2(C)C(OC(C)=O)CCC32)C1. The van der Waals surface area contributed by atoms with Crippen LogP contribution >= 0.6 is 0 Å². The van der Waals surface area contributed by atoms with E-state index in [-0.39, 0.29) is 35.0 Å². The van der Waals surface area contributed by atoms with Gasteiger partial charge in [-0.1, -0.05) is 37.1 Å². The molecule has 3 fully saturated rings. The van der Waals surface area contributed by atoms with Crippen LogP contribution in [0.25, 0.3) is 0 Å². The molecule has 4 nitrogen and oxygen atoms in total. The Bertz CT molecular complexity index is 720. The molecule has 0 heterocycles. The predicted molar refractivity (Wildman–Crippen MR) is 103 cm³/mol. The minimum Gasteiger partial charge on any atom is -0.462 e. The highest BCUT2D eigenvalue weighted by atomic mass is 16.5. The molecule has 4 heteroatoms. The summed E-state index contributed by atoms with van der Waals surface area (Å²) in [5, 5.41) is 0. The van der Waals surface area contributed by atoms with Gasteiger partial charge in [0.25, 0.3) is 0 Å². The molecule has 0 aromatic heterocycles. The fourth-order valence-corrected chi connectivity index (χ4v) is 6.65. The van der Waals surface area contributed by atoms with Gasteiger partial charge in [-0.2, -0.15) is 0 Å². The first-order chi connectivity index (χ1) is 12.7. The standard InChI is InChI=1S/C23H32O4/c1-14(24)26-17-9-11-22(3)16(13-17)5-6-18-19-7-8-21(27-15(2)25)23(19,4)12-10-20(18)22/h5-6,17,19-21H,7-13H2,1-4H3. The molecule has 0 aliphatic heterocycles. The highest BCUT2D eigenvalue weighted by Gasteiger charge is 2.57. The first-order valence-electron chi connectivity index (χ1n) is 10.5. The lowest BCUT2D eigenvalue weighted by molar-refractivity contribution is -0.153. The summed E-state index contributed by atoms with van der Waals surface area (Å²) in [5.74, 6) is 0.762. The van der Waals surface area contributed by atoms with Crippen LogP contribution in [0.2, 0.25) is 0 Å². The summed E-state index contributed by atoms with van der Waals surface area (Å²) in [6.45, 7) is 7.78. The highest BCUT2D eigenvalue weighted by Crippen LogP contribution is 2.63. The molecule has 148 valence electrons. The van der Waals surface area contributed by atoms with Crippen LogP contribution in [0.4, 0.5) is 0 Å². The Morgan fingerprint density at radius 2 is 1.67 bits per heavy atom. The third-order valence-electron chi connectivity index (χ3n) is 8.08. The molecule has 0 spiro atoms. The number of rotatable bonds is 2. The van der Waals surface area contributed by atoms with E-state index in [0.717, 1.165) is 44.9 Å². The van der Waals surface area contributed by atoms with Gasteiger partial charge in [-0.05, 0) is 55.8 Å². The van der Waals surface area contributed by atoms with Gasteiger partial charge in [0.1, 0.15) is 12.2 Å². The monoisotopic (exact) mass is 372 g/mol. The summed E-state index contributed by atoms with van der Waals surface area (Å²) in [6, 6.07) is 0. The summed E-state index contributed by atoms with van der Waals surface area (Å²) >= 11 is 0. The Balaban J connectivity index is 1.60. The van der Waals surface area contributed by atoms with Crippen molar-refractivity contribution in [2.75, 3.05) is 0 Å². The molecule has 4 rings (SSSR count). The Morgan fingerprint density at radius 1 is 0.926 bits per heavy atom. The number of hydrogen-bond acceptors (Lipinski definition) is 4. The van der Waals surface area contributed by atoms with E-state index in [1.807, 2.05) is 0 Å². The Hall–Kier alpha value is -1.58. The van der Waals surface area contributed by atoms with E-state index in [4.69, 9.17) is 9.47 Å². The van der Waals surface area contributed by atoms with Gasteiger partial charge < -0.3 is 9.47 Å². The van der Waals surface area contributed by atoms with E-state index < -0.39 is 0 Å². The lowest BCUT2D eigenvalue weighted by Gasteiger charge is -2.54. The van der Waals surface area contributed by atoms with Crippen molar-refractivity contribution in [1.29, 1.82) is 0 Å². The van der Waals surface area contributed by atoms with Gasteiger partial charge in [0.05, 0.1) is 0 Å². The molecule has 6 atom stereocenters. The quantitative estimate of drug-likeness (QED) is 0.658. The van der Waals surface area contributed by atoms with Crippen molar-refractivity contribution in [3.05, 3.63) is 23.3 Å². The molecule has 3 saturated carbocycles. The zero-order valence-corrected chi connectivity index (χ0v) is 17.0. The third kappa shape index (κ3) is 2.96. The first kappa shape index (κ1) is 18.8. The maximum atomic E-state index is 11.6. The Morgan fingerprint density at radius 3 is 2.37 bits per heavy atom. The van der Waals surface area contributed by atoms with E-state index in [9.17, 15) is 9.59 Å². The molecule has 0 aromatic rings. The molecule has 0 aromatic carbocycles. The van der Waals surface area contributed by atoms with Gasteiger partial charge in [0, 0.05) is 25.7 Å². The van der Waals surface area contributed by atoms with Crippen LogP contribution in [-0.4, -0.2) is 24.1 Å². The van der Waals surface area contributed by atoms with Crippen LogP contribution in [0.1, 0.15) is 72.6 Å². The summed E-state index contributed by atoms with van der Waals surface area (Å²) in [6.07, 6.45) is 12.0. The molecule has 0 N–H and O–H groups in total. The number of carbonyl (C=O) groups excluding carboxylic acids is 2. The smallest absolute Gasteiger partial charge is 0.302 e. The van der Waals surface area contributed by atoms with Crippen molar-refractivity contribution in [3.63, 3.8) is 0 Å². The van der Waals surface area contributed by atoms with Gasteiger partial charge in [-0.15, -0.1) is 0 Å². The summed E-state index contributed by atoms with van der Waals surface area (Å²) in [4.78, 5) is 22.9. The zero-order chi connectivity index (χ0) is 19.4. The van der Waals surface area contributed by atoms with Gasteiger partial charge in [0.2, 0.25) is 0 Å². The van der Waals surface area contributed by atoms with Crippen molar-refractivity contribution in [2.24, 2.45) is 22.7 Å². The Kier molecular flexibility index (Phi) is 4.51. The summed E-state index contributed by atoms with van der Waals surface area (Å²) in [7, 11) is 0. The number of carbonyl (C=O) groups is 2. The molecular formula is C23H32O4. The second-order valence-corrected chi connectivity index (χ2v) is 9.58. The van der Waals surface area contributed by atoms with Gasteiger partial charge in [0.15, 0.2) is 0 Å². The van der Waals surface area contributed by atoms with Crippen LogP contribution in [0.15, 0.2) is 23.3 Å². The minimum absolute atomic E-state index is 0.0328. The summed E-state index contributed by atoms with van der Waals surface area (Å²) < 4.78 is 11.2. The fraction of sp³-hybridized carbons (Fsp3) is 0.739. The third-order valence-corrected chi connectivity index (χ3v) is 8.08. The molecule has 4 aliphatic carbocycles. The molecule has 0 bridgehead atoms. The van der Waals surface area contributed by atoms with E-state index in [1.165, 1.54) is 19.4 Å². The van der Waals surface area contributed by atoms with Crippen molar-refractivity contribution < 1.29 is 19.1 Å². The maximum Gasteiger partial charge on any atom is 0.302 e. The zero-order valence-electron chi connectivity index (χ0n) is 17.0. The van der Waals surface area contributed by atoms with Gasteiger partial charge >= 0.3 is 11.9 Å². The van der Waals surface area contributed by atoms with E-state index in [2.05, 4.69) is 26.0 Å². The average molecular weight is 373 g/mol. The number of ether oxygens (including phenoxy) is 2. The van der Waals surface area contributed by atoms with Crippen molar-refractivity contribution in [3.8, 4) is 0 Å². The van der Waals surface area contributed by atoms with Crippen LogP contribution in [-0.2, 0) is 19.1 Å². The van der Waals surface area contributed by atoms with E-state index >= 15 is 0 Å². The molecule has 4 aliphatic rings. The molecule has 27 heavy (non-hydrogen) atoms.